The molecule has 180 valence electrons. The van der Waals surface area contributed by atoms with E-state index in [4.69, 9.17) is 0 Å². The van der Waals surface area contributed by atoms with Crippen LogP contribution in [-0.4, -0.2) is 21.9 Å². The van der Waals surface area contributed by atoms with Gasteiger partial charge in [0.1, 0.15) is 5.78 Å². The van der Waals surface area contributed by atoms with Crippen LogP contribution in [0.5, 0.6) is 0 Å². The quantitative estimate of drug-likeness (QED) is 0.164. The molecule has 0 bridgehead atoms. The number of fused-ring (bicyclic) bond motifs is 5. The number of ketones is 2. The molecule has 6 heteroatoms. The van der Waals surface area contributed by atoms with Gasteiger partial charge in [0.25, 0.3) is 5.37 Å². The van der Waals surface area contributed by atoms with E-state index in [2.05, 4.69) is 19.9 Å². The molecule has 2 saturated carbocycles. The number of hydrogen-bond acceptors (Lipinski definition) is 5. The summed E-state index contributed by atoms with van der Waals surface area (Å²) in [5.74, 6) is 0.281. The van der Waals surface area contributed by atoms with Crippen molar-refractivity contribution in [1.82, 2.24) is 0 Å². The van der Waals surface area contributed by atoms with Crippen molar-refractivity contribution >= 4 is 23.3 Å². The Morgan fingerprint density at radius 2 is 1.94 bits per heavy atom. The zero-order chi connectivity index (χ0) is 24.3. The molecule has 0 saturated heterocycles. The normalized spacial score (nSPS) is 37.6. The second-order valence-corrected chi connectivity index (χ2v) is 12.4. The molecule has 1 unspecified atom stereocenters. The molecule has 2 fully saturated rings. The summed E-state index contributed by atoms with van der Waals surface area (Å²) in [7, 11) is 0. The third kappa shape index (κ3) is 3.60. The Morgan fingerprint density at radius 3 is 2.62 bits per heavy atom. The van der Waals surface area contributed by atoms with Gasteiger partial charge < -0.3 is 0 Å². The molecular formula is C28H33NO4S. The topological polar surface area (TPSA) is 77.3 Å². The fourth-order valence-electron chi connectivity index (χ4n) is 7.93. The number of carbonyl (C=O) groups excluding carboxylic acids is 2. The van der Waals surface area contributed by atoms with E-state index in [1.165, 1.54) is 22.9 Å². The first kappa shape index (κ1) is 23.5. The van der Waals surface area contributed by atoms with E-state index in [0.717, 1.165) is 30.6 Å². The Hall–Kier alpha value is -2.21. The lowest BCUT2D eigenvalue weighted by molar-refractivity contribution is -0.505. The first-order valence-electron chi connectivity index (χ1n) is 12.5. The van der Waals surface area contributed by atoms with Gasteiger partial charge in [0.05, 0.1) is 0 Å². The molecule has 0 heterocycles. The van der Waals surface area contributed by atoms with Crippen LogP contribution in [0.4, 0.5) is 0 Å². The molecule has 4 aliphatic rings. The molecule has 1 aromatic rings. The Kier molecular flexibility index (Phi) is 5.86. The van der Waals surface area contributed by atoms with Crippen LogP contribution in [0.3, 0.4) is 0 Å². The van der Waals surface area contributed by atoms with Crippen LogP contribution in [-0.2, 0) is 9.59 Å². The monoisotopic (exact) mass is 479 g/mol. The molecule has 0 N–H and O–H groups in total. The maximum absolute atomic E-state index is 13.1. The van der Waals surface area contributed by atoms with Crippen LogP contribution in [0, 0.1) is 44.6 Å². The van der Waals surface area contributed by atoms with Gasteiger partial charge in [0.15, 0.2) is 5.78 Å². The van der Waals surface area contributed by atoms with Crippen molar-refractivity contribution in [3.8, 4) is 0 Å². The molecule has 1 aromatic carbocycles. The number of nitro groups is 1. The van der Waals surface area contributed by atoms with Crippen molar-refractivity contribution in [2.24, 2.45) is 34.5 Å². The van der Waals surface area contributed by atoms with E-state index in [9.17, 15) is 19.7 Å². The minimum atomic E-state index is -0.843. The van der Waals surface area contributed by atoms with Crippen LogP contribution < -0.4 is 0 Å². The van der Waals surface area contributed by atoms with E-state index in [-0.39, 0.29) is 45.1 Å². The van der Waals surface area contributed by atoms with Crippen molar-refractivity contribution in [1.29, 1.82) is 0 Å². The highest BCUT2D eigenvalue weighted by atomic mass is 32.2. The maximum atomic E-state index is 13.1. The van der Waals surface area contributed by atoms with Crippen LogP contribution in [0.1, 0.15) is 59.3 Å². The summed E-state index contributed by atoms with van der Waals surface area (Å²) in [5.41, 5.74) is 2.34. The zero-order valence-corrected chi connectivity index (χ0v) is 21.0. The van der Waals surface area contributed by atoms with Crippen molar-refractivity contribution in [3.05, 3.63) is 63.7 Å². The summed E-state index contributed by atoms with van der Waals surface area (Å²) in [6, 6.07) is 9.53. The predicted molar refractivity (Wildman–Crippen MR) is 133 cm³/mol. The number of benzene rings is 1. The van der Waals surface area contributed by atoms with Gasteiger partial charge in [-0.1, -0.05) is 49.3 Å². The lowest BCUT2D eigenvalue weighted by atomic mass is 9.51. The third-order valence-electron chi connectivity index (χ3n) is 9.45. The summed E-state index contributed by atoms with van der Waals surface area (Å²) in [6.45, 7) is 6.12. The molecule has 34 heavy (non-hydrogen) atoms. The second-order valence-electron chi connectivity index (χ2n) is 11.2. The predicted octanol–water partition coefficient (Wildman–Crippen LogP) is 6.26. The number of hydrogen-bond donors (Lipinski definition) is 0. The van der Waals surface area contributed by atoms with Crippen molar-refractivity contribution < 1.29 is 14.5 Å². The summed E-state index contributed by atoms with van der Waals surface area (Å²) in [4.78, 5) is 38.2. The van der Waals surface area contributed by atoms with Crippen molar-refractivity contribution in [3.63, 3.8) is 0 Å². The summed E-state index contributed by atoms with van der Waals surface area (Å²) in [6.07, 6.45) is 9.03. The average molecular weight is 480 g/mol. The number of carbonyl (C=O) groups is 2. The van der Waals surface area contributed by atoms with E-state index >= 15 is 0 Å². The number of rotatable bonds is 5. The van der Waals surface area contributed by atoms with E-state index in [1.807, 2.05) is 36.4 Å². The average Bonchev–Trinajstić information content (AvgIpc) is 3.11. The van der Waals surface area contributed by atoms with E-state index < -0.39 is 5.37 Å². The van der Waals surface area contributed by atoms with Gasteiger partial charge in [-0.15, -0.1) is 0 Å². The minimum Gasteiger partial charge on any atom is -0.300 e. The van der Waals surface area contributed by atoms with Crippen LogP contribution in [0.25, 0.3) is 0 Å². The lowest BCUT2D eigenvalue weighted by Gasteiger charge is -2.53. The standard InChI is InChI=1S/C28H33NO4S/c1-17(30)25-22(26(29(32)33)34-20-7-5-4-6-8-20)16-24-21-10-9-18-15-19(31)11-13-27(18,2)23(21)12-14-28(24,25)3/h4-8,12,15,21-22,24-26H,9-11,13-14,16H2,1-3H3/t21-,22-,24+,25+,26?,27+,28+/m1/s1. The fourth-order valence-corrected chi connectivity index (χ4v) is 9.05. The van der Waals surface area contributed by atoms with Gasteiger partial charge in [0, 0.05) is 33.5 Å². The Morgan fingerprint density at radius 1 is 1.21 bits per heavy atom. The van der Waals surface area contributed by atoms with Gasteiger partial charge >= 0.3 is 0 Å². The molecule has 0 amide bonds. The molecule has 7 atom stereocenters. The number of nitrogens with zero attached hydrogens (tertiary/aromatic N) is 1. The molecule has 0 aromatic heterocycles. The van der Waals surface area contributed by atoms with Crippen molar-refractivity contribution in [2.75, 3.05) is 0 Å². The number of allylic oxidation sites excluding steroid dienone is 4. The fraction of sp³-hybridized carbons (Fsp3) is 0.571. The van der Waals surface area contributed by atoms with Crippen LogP contribution in [0.15, 0.2) is 58.5 Å². The zero-order valence-electron chi connectivity index (χ0n) is 20.2. The molecule has 0 radical (unpaired) electrons. The SMILES string of the molecule is CC(=O)[C@H]1[C@H](C(Sc2ccccc2)[N+](=O)[O-])C[C@H]2[C@@H]3CCC4=CC(=O)CC[C@]4(C)C3=CC[C@@]21C. The van der Waals surface area contributed by atoms with Gasteiger partial charge in [-0.25, -0.2) is 0 Å². The molecule has 5 rings (SSSR count). The van der Waals surface area contributed by atoms with E-state index in [1.54, 1.807) is 6.92 Å². The smallest absolute Gasteiger partial charge is 0.266 e. The van der Waals surface area contributed by atoms with Gasteiger partial charge in [0.2, 0.25) is 0 Å². The highest BCUT2D eigenvalue weighted by Gasteiger charge is 2.63. The largest absolute Gasteiger partial charge is 0.300 e. The summed E-state index contributed by atoms with van der Waals surface area (Å²) < 4.78 is 0. The summed E-state index contributed by atoms with van der Waals surface area (Å²) in [5, 5.41) is 11.5. The second kappa shape index (κ2) is 8.47. The lowest BCUT2D eigenvalue weighted by Crippen LogP contribution is -2.46. The van der Waals surface area contributed by atoms with Gasteiger partial charge in [-0.2, -0.15) is 0 Å². The van der Waals surface area contributed by atoms with E-state index in [0.29, 0.717) is 18.8 Å². The van der Waals surface area contributed by atoms with Crippen molar-refractivity contribution in [2.45, 2.75) is 69.6 Å². The Labute approximate surface area is 205 Å². The molecular weight excluding hydrogens is 446 g/mol. The van der Waals surface area contributed by atoms with Crippen LogP contribution >= 0.6 is 11.8 Å². The first-order valence-corrected chi connectivity index (χ1v) is 13.3. The number of thioether (sulfide) groups is 1. The first-order chi connectivity index (χ1) is 16.1. The molecule has 0 spiro atoms. The highest BCUT2D eigenvalue weighted by Crippen LogP contribution is 2.66. The molecule has 4 aliphatic carbocycles. The minimum absolute atomic E-state index is 0.0801. The van der Waals surface area contributed by atoms with Gasteiger partial charge in [-0.3, -0.25) is 19.7 Å². The highest BCUT2D eigenvalue weighted by molar-refractivity contribution is 7.99. The maximum Gasteiger partial charge on any atom is 0.266 e. The summed E-state index contributed by atoms with van der Waals surface area (Å²) >= 11 is 1.29. The van der Waals surface area contributed by atoms with Gasteiger partial charge in [-0.05, 0) is 86.2 Å². The Balaban J connectivity index is 1.51. The Bertz CT molecular complexity index is 1090. The number of Topliss-reactive ketones (excluding diaryl/α,β-unsaturated/α-hetero) is 1. The third-order valence-corrected chi connectivity index (χ3v) is 10.8. The van der Waals surface area contributed by atoms with Crippen LogP contribution in [0.2, 0.25) is 0 Å². The molecule has 0 aliphatic heterocycles. The molecule has 5 nitrogen and oxygen atoms in total.